The van der Waals surface area contributed by atoms with E-state index in [2.05, 4.69) is 35.9 Å². The highest BCUT2D eigenvalue weighted by Crippen LogP contribution is 2.66. The minimum atomic E-state index is -0.594. The topological polar surface area (TPSA) is 96.0 Å². The minimum Gasteiger partial charge on any atom is -0.463 e. The highest BCUT2D eigenvalue weighted by molar-refractivity contribution is 9.09. The third-order valence-electron chi connectivity index (χ3n) is 9.61. The summed E-state index contributed by atoms with van der Waals surface area (Å²) in [4.78, 5) is 48.6. The third-order valence-corrected chi connectivity index (χ3v) is 10.1. The summed E-state index contributed by atoms with van der Waals surface area (Å²) in [7, 11) is 0. The fraction of sp³-hybridized carbons (Fsp3) is 0.778. The van der Waals surface area contributed by atoms with Crippen LogP contribution in [0.3, 0.4) is 0 Å². The largest absolute Gasteiger partial charge is 0.463 e. The fourth-order valence-corrected chi connectivity index (χ4v) is 8.14. The fourth-order valence-electron chi connectivity index (χ4n) is 7.98. The Morgan fingerprint density at radius 3 is 2.40 bits per heavy atom. The zero-order valence-corrected chi connectivity index (χ0v) is 22.7. The molecule has 0 N–H and O–H groups in total. The zero-order valence-electron chi connectivity index (χ0n) is 21.1. The van der Waals surface area contributed by atoms with E-state index in [1.54, 1.807) is 0 Å². The molecule has 3 fully saturated rings. The Bertz CT molecular complexity index is 928. The molecular formula is C27H37BrO7. The van der Waals surface area contributed by atoms with E-state index >= 15 is 0 Å². The van der Waals surface area contributed by atoms with Gasteiger partial charge in [-0.15, -0.1) is 0 Å². The molecule has 0 radical (unpaired) electrons. The number of esters is 3. The smallest absolute Gasteiger partial charge is 0.316 e. The Labute approximate surface area is 215 Å². The summed E-state index contributed by atoms with van der Waals surface area (Å²) < 4.78 is 16.7. The number of halogens is 1. The van der Waals surface area contributed by atoms with Gasteiger partial charge in [0.1, 0.15) is 24.1 Å². The van der Waals surface area contributed by atoms with E-state index < -0.39 is 17.5 Å². The average Bonchev–Trinajstić information content (AvgIpc) is 3.16. The molecule has 4 rings (SSSR count). The summed E-state index contributed by atoms with van der Waals surface area (Å²) in [5, 5.41) is 0.0452. The first-order valence-corrected chi connectivity index (χ1v) is 13.9. The van der Waals surface area contributed by atoms with Gasteiger partial charge >= 0.3 is 17.9 Å². The van der Waals surface area contributed by atoms with Crippen molar-refractivity contribution in [1.82, 2.24) is 0 Å². The standard InChI is InChI=1S/C27H37BrO7/c1-15(29)34-18-9-10-26(3)17(11-18)5-6-19-20-7-8-21(23(31)14-33-25(32)13-28)27(20,4)24(12-22(19)26)35-16(2)30/h7,17-19,21-22,24H,5-6,8-14H2,1-4H3/t17-,18+,19+,21-,22+,24-,26+,27+/m1/s1. The molecule has 0 bridgehead atoms. The van der Waals surface area contributed by atoms with Crippen LogP contribution in [0.2, 0.25) is 0 Å². The molecule has 4 aliphatic carbocycles. The number of ketones is 1. The van der Waals surface area contributed by atoms with Crippen molar-refractivity contribution < 1.29 is 33.4 Å². The maximum absolute atomic E-state index is 13.2. The van der Waals surface area contributed by atoms with Crippen LogP contribution >= 0.6 is 15.9 Å². The van der Waals surface area contributed by atoms with E-state index in [0.717, 1.165) is 32.1 Å². The second-order valence-electron chi connectivity index (χ2n) is 11.3. The molecule has 0 aromatic carbocycles. The highest BCUT2D eigenvalue weighted by atomic mass is 79.9. The molecule has 35 heavy (non-hydrogen) atoms. The molecule has 0 amide bonds. The Balaban J connectivity index is 1.60. The first-order valence-electron chi connectivity index (χ1n) is 12.8. The quantitative estimate of drug-likeness (QED) is 0.206. The normalized spacial score (nSPS) is 39.9. The lowest BCUT2D eigenvalue weighted by atomic mass is 9.45. The third kappa shape index (κ3) is 4.72. The van der Waals surface area contributed by atoms with Gasteiger partial charge in [-0.2, -0.15) is 0 Å². The first kappa shape index (κ1) is 26.4. The van der Waals surface area contributed by atoms with Crippen LogP contribution in [0.25, 0.3) is 0 Å². The zero-order chi connectivity index (χ0) is 25.5. The van der Waals surface area contributed by atoms with Crippen LogP contribution in [0.5, 0.6) is 0 Å². The molecule has 3 saturated carbocycles. The highest BCUT2D eigenvalue weighted by Gasteiger charge is 2.63. The summed E-state index contributed by atoms with van der Waals surface area (Å²) >= 11 is 3.06. The molecule has 8 atom stereocenters. The van der Waals surface area contributed by atoms with Gasteiger partial charge in [0.15, 0.2) is 5.78 Å². The van der Waals surface area contributed by atoms with Crippen LogP contribution in [0.4, 0.5) is 0 Å². The van der Waals surface area contributed by atoms with Gasteiger partial charge in [0, 0.05) is 25.2 Å². The molecule has 0 unspecified atom stereocenters. The molecule has 0 aliphatic heterocycles. The van der Waals surface area contributed by atoms with Crippen LogP contribution in [0, 0.1) is 34.5 Å². The molecule has 194 valence electrons. The number of carbonyl (C=O) groups excluding carboxylic acids is 4. The SMILES string of the molecule is CC(=O)O[C@H]1CC[C@@]2(C)[C@H](CC[C@H]3C4=CC[C@H](C(=O)COC(=O)CBr)[C@@]4(C)[C@H](OC(C)=O)C[C@@H]32)C1. The van der Waals surface area contributed by atoms with Gasteiger partial charge in [-0.25, -0.2) is 0 Å². The van der Waals surface area contributed by atoms with Crippen LogP contribution < -0.4 is 0 Å². The van der Waals surface area contributed by atoms with E-state index in [-0.39, 0.29) is 47.1 Å². The van der Waals surface area contributed by atoms with Gasteiger partial charge in [0.05, 0.1) is 0 Å². The number of fused-ring (bicyclic) bond motifs is 5. The summed E-state index contributed by atoms with van der Waals surface area (Å²) in [6, 6.07) is 0. The molecule has 0 saturated heterocycles. The van der Waals surface area contributed by atoms with Gasteiger partial charge < -0.3 is 14.2 Å². The predicted molar refractivity (Wildman–Crippen MR) is 131 cm³/mol. The lowest BCUT2D eigenvalue weighted by Gasteiger charge is -2.61. The number of rotatable bonds is 6. The maximum Gasteiger partial charge on any atom is 0.316 e. The van der Waals surface area contributed by atoms with Gasteiger partial charge in [-0.1, -0.05) is 41.4 Å². The number of Topliss-reactive ketones (excluding diaryl/α,β-unsaturated/α-hetero) is 1. The molecule has 0 spiro atoms. The van der Waals surface area contributed by atoms with Crippen molar-refractivity contribution in [3.8, 4) is 0 Å². The predicted octanol–water partition coefficient (Wildman–Crippen LogP) is 4.55. The Kier molecular flexibility index (Phi) is 7.52. The summed E-state index contributed by atoms with van der Waals surface area (Å²) in [6.45, 7) is 7.07. The van der Waals surface area contributed by atoms with Crippen LogP contribution in [0.1, 0.15) is 72.6 Å². The number of allylic oxidation sites excluding steroid dienone is 1. The van der Waals surface area contributed by atoms with Gasteiger partial charge in [0.25, 0.3) is 0 Å². The summed E-state index contributed by atoms with van der Waals surface area (Å²) in [5.74, 6) is -0.401. The Morgan fingerprint density at radius 1 is 1.03 bits per heavy atom. The van der Waals surface area contributed by atoms with E-state index in [9.17, 15) is 19.2 Å². The van der Waals surface area contributed by atoms with Crippen LogP contribution in [-0.4, -0.2) is 47.8 Å². The van der Waals surface area contributed by atoms with E-state index in [4.69, 9.17) is 14.2 Å². The minimum absolute atomic E-state index is 0.0184. The van der Waals surface area contributed by atoms with Gasteiger partial charge in [-0.3, -0.25) is 19.2 Å². The average molecular weight is 553 g/mol. The Morgan fingerprint density at radius 2 is 1.74 bits per heavy atom. The van der Waals surface area contributed by atoms with E-state index in [1.165, 1.54) is 19.4 Å². The maximum atomic E-state index is 13.2. The van der Waals surface area contributed by atoms with Crippen LogP contribution in [0.15, 0.2) is 11.6 Å². The van der Waals surface area contributed by atoms with Crippen molar-refractivity contribution in [1.29, 1.82) is 0 Å². The molecule has 0 aromatic rings. The van der Waals surface area contributed by atoms with E-state index in [1.807, 2.05) is 0 Å². The molecule has 4 aliphatic rings. The van der Waals surface area contributed by atoms with Gasteiger partial charge in [0.2, 0.25) is 0 Å². The Hall–Kier alpha value is -1.70. The lowest BCUT2D eigenvalue weighted by molar-refractivity contribution is -0.172. The number of hydrogen-bond donors (Lipinski definition) is 0. The first-order chi connectivity index (χ1) is 16.5. The number of hydrogen-bond acceptors (Lipinski definition) is 7. The monoisotopic (exact) mass is 552 g/mol. The lowest BCUT2D eigenvalue weighted by Crippen LogP contribution is -2.57. The molecule has 8 heteroatoms. The van der Waals surface area contributed by atoms with Crippen molar-refractivity contribution in [2.24, 2.45) is 34.5 Å². The van der Waals surface area contributed by atoms with Gasteiger partial charge in [-0.05, 0) is 68.1 Å². The second kappa shape index (κ2) is 9.98. The van der Waals surface area contributed by atoms with Crippen molar-refractivity contribution in [2.45, 2.75) is 84.8 Å². The number of carbonyl (C=O) groups is 4. The number of alkyl halides is 1. The van der Waals surface area contributed by atoms with Crippen molar-refractivity contribution in [3.05, 3.63) is 11.6 Å². The summed E-state index contributed by atoms with van der Waals surface area (Å²) in [6.07, 6.45) is 7.86. The van der Waals surface area contributed by atoms with E-state index in [0.29, 0.717) is 30.6 Å². The molecule has 0 heterocycles. The van der Waals surface area contributed by atoms with Crippen LogP contribution in [-0.2, 0) is 33.4 Å². The summed E-state index contributed by atoms with van der Waals surface area (Å²) in [5.41, 5.74) is 0.711. The second-order valence-corrected chi connectivity index (χ2v) is 11.9. The van der Waals surface area contributed by atoms with Crippen molar-refractivity contribution in [2.75, 3.05) is 11.9 Å². The van der Waals surface area contributed by atoms with Crippen molar-refractivity contribution >= 4 is 39.6 Å². The van der Waals surface area contributed by atoms with Crippen molar-refractivity contribution in [3.63, 3.8) is 0 Å². The number of ether oxygens (including phenoxy) is 3. The molecule has 7 nitrogen and oxygen atoms in total. The molecule has 0 aromatic heterocycles. The molecular weight excluding hydrogens is 516 g/mol.